The summed E-state index contributed by atoms with van der Waals surface area (Å²) in [7, 11) is 3.40. The first-order chi connectivity index (χ1) is 20.7. The molecule has 0 N–H and O–H groups in total. The van der Waals surface area contributed by atoms with Gasteiger partial charge in [0.05, 0.1) is 30.9 Å². The molecule has 2 fully saturated rings. The largest absolute Gasteiger partial charge is 0.493 e. The smallest absolute Gasteiger partial charge is 0.246 e. The quantitative estimate of drug-likeness (QED) is 0.372. The monoisotopic (exact) mass is 604 g/mol. The molecule has 0 radical (unpaired) electrons. The van der Waals surface area contributed by atoms with Crippen molar-refractivity contribution in [1.82, 2.24) is 9.31 Å². The number of hydrazone groups is 1. The van der Waals surface area contributed by atoms with Crippen LogP contribution in [0.4, 0.5) is 5.69 Å². The number of benzene rings is 3. The number of hydrogen-bond acceptors (Lipinski definition) is 7. The maximum Gasteiger partial charge on any atom is 0.246 e. The molecule has 3 aliphatic rings. The molecule has 3 aromatic rings. The standard InChI is InChI=1S/C33H40N4O5S/c1-35(2)28-13-7-12-25-24(28)11-8-14-31(25)43(39,40)36-19-17-23(18-20-36)37-33(38)27-10-6-5-9-26(27)32(34-37)22-15-16-29(41-3)30(21-22)42-4/h7-8,11-16,21,23,26-27H,5-6,9-10,17-20H2,1-4H3. The summed E-state index contributed by atoms with van der Waals surface area (Å²) in [5.41, 5.74) is 2.81. The number of hydrogen-bond donors (Lipinski definition) is 0. The van der Waals surface area contributed by atoms with Gasteiger partial charge in [-0.15, -0.1) is 0 Å². The molecule has 2 atom stereocenters. The van der Waals surface area contributed by atoms with Gasteiger partial charge in [0.2, 0.25) is 15.9 Å². The van der Waals surface area contributed by atoms with Crippen molar-refractivity contribution in [2.75, 3.05) is 46.3 Å². The van der Waals surface area contributed by atoms with Gasteiger partial charge in [-0.05, 0) is 56.0 Å². The molecule has 6 rings (SSSR count). The first kappa shape index (κ1) is 29.4. The van der Waals surface area contributed by atoms with Gasteiger partial charge < -0.3 is 14.4 Å². The third-order valence-electron chi connectivity index (χ3n) is 9.28. The van der Waals surface area contributed by atoms with Gasteiger partial charge in [-0.3, -0.25) is 4.79 Å². The summed E-state index contributed by atoms with van der Waals surface area (Å²) < 4.78 is 40.5. The molecule has 2 aliphatic heterocycles. The third kappa shape index (κ3) is 5.25. The van der Waals surface area contributed by atoms with E-state index in [9.17, 15) is 13.2 Å². The lowest BCUT2D eigenvalue weighted by molar-refractivity contribution is -0.142. The fourth-order valence-electron chi connectivity index (χ4n) is 7.04. The summed E-state index contributed by atoms with van der Waals surface area (Å²) in [5, 5.41) is 8.32. The Labute approximate surface area is 254 Å². The minimum Gasteiger partial charge on any atom is -0.493 e. The van der Waals surface area contributed by atoms with Crippen molar-refractivity contribution < 1.29 is 22.7 Å². The number of amides is 1. The van der Waals surface area contributed by atoms with Crippen molar-refractivity contribution in [3.8, 4) is 11.5 Å². The van der Waals surface area contributed by atoms with Crippen LogP contribution in [0.3, 0.4) is 0 Å². The SMILES string of the molecule is COc1ccc(C2=NN(C3CCN(S(=O)(=O)c4cccc5c(N(C)C)cccc45)CC3)C(=O)C3CCCCC23)cc1OC. The van der Waals surface area contributed by atoms with Crippen molar-refractivity contribution in [2.24, 2.45) is 16.9 Å². The molecule has 2 heterocycles. The lowest BCUT2D eigenvalue weighted by Gasteiger charge is -2.43. The van der Waals surface area contributed by atoms with Gasteiger partial charge in [0.1, 0.15) is 0 Å². The van der Waals surface area contributed by atoms with Crippen LogP contribution in [0, 0.1) is 11.8 Å². The maximum atomic E-state index is 13.9. The molecule has 0 spiro atoms. The van der Waals surface area contributed by atoms with Gasteiger partial charge in [-0.2, -0.15) is 9.41 Å². The number of piperidine rings is 1. The van der Waals surface area contributed by atoms with Crippen LogP contribution in [0.2, 0.25) is 0 Å². The zero-order valence-corrected chi connectivity index (χ0v) is 26.1. The fourth-order valence-corrected chi connectivity index (χ4v) is 8.71. The van der Waals surface area contributed by atoms with E-state index < -0.39 is 10.0 Å². The van der Waals surface area contributed by atoms with E-state index in [-0.39, 0.29) is 23.8 Å². The average molecular weight is 605 g/mol. The van der Waals surface area contributed by atoms with Crippen LogP contribution in [0.5, 0.6) is 11.5 Å². The molecule has 3 aromatic carbocycles. The van der Waals surface area contributed by atoms with Gasteiger partial charge in [-0.1, -0.05) is 37.1 Å². The summed E-state index contributed by atoms with van der Waals surface area (Å²) in [5.74, 6) is 1.30. The summed E-state index contributed by atoms with van der Waals surface area (Å²) in [4.78, 5) is 16.1. The van der Waals surface area contributed by atoms with E-state index in [4.69, 9.17) is 14.6 Å². The molecular weight excluding hydrogens is 564 g/mol. The second-order valence-corrected chi connectivity index (χ2v) is 13.8. The molecule has 9 nitrogen and oxygen atoms in total. The lowest BCUT2D eigenvalue weighted by atomic mass is 9.73. The van der Waals surface area contributed by atoms with Gasteiger partial charge in [0.25, 0.3) is 0 Å². The summed E-state index contributed by atoms with van der Waals surface area (Å²) in [6.07, 6.45) is 4.92. The minimum absolute atomic E-state index is 0.0643. The number of carbonyl (C=O) groups excluding carboxylic acids is 1. The van der Waals surface area contributed by atoms with E-state index in [1.165, 1.54) is 0 Å². The second kappa shape index (κ2) is 11.8. The normalized spacial score (nSPS) is 21.8. The highest BCUT2D eigenvalue weighted by atomic mass is 32.2. The van der Waals surface area contributed by atoms with E-state index in [0.717, 1.165) is 53.4 Å². The second-order valence-electron chi connectivity index (χ2n) is 11.9. The first-order valence-corrected chi connectivity index (χ1v) is 16.5. The summed E-state index contributed by atoms with van der Waals surface area (Å²) in [6.45, 7) is 0.658. The predicted molar refractivity (Wildman–Crippen MR) is 168 cm³/mol. The molecular formula is C33H40N4O5S. The molecule has 1 saturated heterocycles. The molecule has 10 heteroatoms. The van der Waals surface area contributed by atoms with Crippen LogP contribution < -0.4 is 14.4 Å². The van der Waals surface area contributed by atoms with Gasteiger partial charge in [0, 0.05) is 61.0 Å². The van der Waals surface area contributed by atoms with E-state index in [1.807, 2.05) is 67.5 Å². The van der Waals surface area contributed by atoms with Gasteiger partial charge in [0.15, 0.2) is 11.5 Å². The van der Waals surface area contributed by atoms with Crippen LogP contribution in [0.1, 0.15) is 44.1 Å². The number of nitrogens with zero attached hydrogens (tertiary/aromatic N) is 4. The molecule has 1 saturated carbocycles. The Kier molecular flexibility index (Phi) is 8.08. The van der Waals surface area contributed by atoms with Crippen molar-refractivity contribution in [3.05, 3.63) is 60.2 Å². The minimum atomic E-state index is -3.74. The van der Waals surface area contributed by atoms with Crippen molar-refractivity contribution >= 4 is 38.1 Å². The highest BCUT2D eigenvalue weighted by Gasteiger charge is 2.44. The van der Waals surface area contributed by atoms with Crippen LogP contribution in [-0.4, -0.2) is 76.8 Å². The van der Waals surface area contributed by atoms with Crippen LogP contribution >= 0.6 is 0 Å². The zero-order chi connectivity index (χ0) is 30.3. The van der Waals surface area contributed by atoms with Crippen LogP contribution in [0.25, 0.3) is 10.8 Å². The Hall–Kier alpha value is -3.63. The third-order valence-corrected chi connectivity index (χ3v) is 11.2. The Balaban J connectivity index is 1.27. The Morgan fingerprint density at radius 2 is 1.51 bits per heavy atom. The number of sulfonamides is 1. The predicted octanol–water partition coefficient (Wildman–Crippen LogP) is 5.13. The molecule has 43 heavy (non-hydrogen) atoms. The van der Waals surface area contributed by atoms with Crippen LogP contribution in [0.15, 0.2) is 64.6 Å². The number of ether oxygens (including phenoxy) is 2. The highest BCUT2D eigenvalue weighted by Crippen LogP contribution is 2.41. The Morgan fingerprint density at radius 1 is 0.837 bits per heavy atom. The lowest BCUT2D eigenvalue weighted by Crippen LogP contribution is -2.53. The number of fused-ring (bicyclic) bond motifs is 2. The number of methoxy groups -OCH3 is 2. The van der Waals surface area contributed by atoms with Crippen LogP contribution in [-0.2, 0) is 14.8 Å². The van der Waals surface area contributed by atoms with Crippen molar-refractivity contribution in [2.45, 2.75) is 49.5 Å². The highest BCUT2D eigenvalue weighted by molar-refractivity contribution is 7.89. The number of anilines is 1. The molecule has 1 amide bonds. The summed E-state index contributed by atoms with van der Waals surface area (Å²) in [6, 6.07) is 16.9. The van der Waals surface area contributed by atoms with E-state index in [2.05, 4.69) is 0 Å². The Bertz CT molecular complexity index is 1660. The Morgan fingerprint density at radius 3 is 2.21 bits per heavy atom. The van der Waals surface area contributed by atoms with Crippen molar-refractivity contribution in [3.63, 3.8) is 0 Å². The van der Waals surface area contributed by atoms with Crippen molar-refractivity contribution in [1.29, 1.82) is 0 Å². The molecule has 2 unspecified atom stereocenters. The fraction of sp³-hybridized carbons (Fsp3) is 0.455. The topological polar surface area (TPSA) is 91.8 Å². The average Bonchev–Trinajstić information content (AvgIpc) is 3.04. The summed E-state index contributed by atoms with van der Waals surface area (Å²) >= 11 is 0. The molecule has 0 bridgehead atoms. The number of carbonyl (C=O) groups is 1. The maximum absolute atomic E-state index is 13.9. The first-order valence-electron chi connectivity index (χ1n) is 15.1. The van der Waals surface area contributed by atoms with E-state index >= 15 is 0 Å². The molecule has 0 aromatic heterocycles. The zero-order valence-electron chi connectivity index (χ0n) is 25.3. The van der Waals surface area contributed by atoms with E-state index in [0.29, 0.717) is 42.3 Å². The molecule has 1 aliphatic carbocycles. The van der Waals surface area contributed by atoms with Gasteiger partial charge in [-0.25, -0.2) is 13.4 Å². The van der Waals surface area contributed by atoms with Gasteiger partial charge >= 0.3 is 0 Å². The molecule has 228 valence electrons. The van der Waals surface area contributed by atoms with E-state index in [1.54, 1.807) is 29.6 Å². The number of rotatable bonds is 7.